The van der Waals surface area contributed by atoms with Gasteiger partial charge in [-0.1, -0.05) is 24.3 Å². The summed E-state index contributed by atoms with van der Waals surface area (Å²) in [5.74, 6) is 2.73. The van der Waals surface area contributed by atoms with Crippen LogP contribution < -0.4 is 18.9 Å². The minimum Gasteiger partial charge on any atom is -0.487 e. The summed E-state index contributed by atoms with van der Waals surface area (Å²) in [6.45, 7) is 5.48. The Bertz CT molecular complexity index is 629. The minimum atomic E-state index is 0.425. The van der Waals surface area contributed by atoms with Gasteiger partial charge < -0.3 is 37.9 Å². The summed E-state index contributed by atoms with van der Waals surface area (Å²) in [7, 11) is 0. The van der Waals surface area contributed by atoms with Crippen LogP contribution in [0.1, 0.15) is 0 Å². The molecule has 176 valence electrons. The van der Waals surface area contributed by atoms with Gasteiger partial charge in [-0.25, -0.2) is 0 Å². The molecule has 0 bridgehead atoms. The SMILES string of the molecule is c1ccc2c(c1)OCCOCCOCCOc1ccccc1OCCOCCOCCO2. The van der Waals surface area contributed by atoms with Gasteiger partial charge in [-0.3, -0.25) is 0 Å². The third-order valence-corrected chi connectivity index (χ3v) is 4.38. The van der Waals surface area contributed by atoms with Gasteiger partial charge in [0.1, 0.15) is 26.4 Å². The van der Waals surface area contributed by atoms with Gasteiger partial charge in [0.15, 0.2) is 23.0 Å². The quantitative estimate of drug-likeness (QED) is 0.609. The van der Waals surface area contributed by atoms with E-state index < -0.39 is 0 Å². The van der Waals surface area contributed by atoms with Crippen LogP contribution in [0.2, 0.25) is 0 Å². The van der Waals surface area contributed by atoms with E-state index in [9.17, 15) is 0 Å². The highest BCUT2D eigenvalue weighted by atomic mass is 16.6. The zero-order valence-corrected chi connectivity index (χ0v) is 18.4. The smallest absolute Gasteiger partial charge is 0.161 e. The van der Waals surface area contributed by atoms with Gasteiger partial charge >= 0.3 is 0 Å². The maximum absolute atomic E-state index is 5.78. The van der Waals surface area contributed by atoms with Crippen molar-refractivity contribution in [2.45, 2.75) is 0 Å². The maximum atomic E-state index is 5.78. The lowest BCUT2D eigenvalue weighted by Gasteiger charge is -2.14. The van der Waals surface area contributed by atoms with Crippen LogP contribution >= 0.6 is 0 Å². The lowest BCUT2D eigenvalue weighted by Crippen LogP contribution is -2.15. The predicted octanol–water partition coefficient (Wildman–Crippen LogP) is 2.98. The predicted molar refractivity (Wildman–Crippen MR) is 118 cm³/mol. The molecule has 0 amide bonds. The molecule has 0 saturated carbocycles. The summed E-state index contributed by atoms with van der Waals surface area (Å²) in [6, 6.07) is 15.1. The third-order valence-electron chi connectivity index (χ3n) is 4.38. The van der Waals surface area contributed by atoms with E-state index in [1.165, 1.54) is 0 Å². The molecule has 0 saturated heterocycles. The second-order valence-corrected chi connectivity index (χ2v) is 6.74. The van der Waals surface area contributed by atoms with Crippen molar-refractivity contribution in [1.82, 2.24) is 0 Å². The Morgan fingerprint density at radius 1 is 0.312 bits per heavy atom. The number of para-hydroxylation sites is 4. The Kier molecular flexibility index (Phi) is 11.5. The van der Waals surface area contributed by atoms with Crippen molar-refractivity contribution in [2.75, 3.05) is 79.3 Å². The lowest BCUT2D eigenvalue weighted by atomic mass is 10.3. The van der Waals surface area contributed by atoms with Crippen LogP contribution in [0.25, 0.3) is 0 Å². The number of hydrogen-bond donors (Lipinski definition) is 0. The Morgan fingerprint density at radius 3 is 0.781 bits per heavy atom. The molecule has 1 aliphatic heterocycles. The first kappa shape index (κ1) is 24.1. The largest absolute Gasteiger partial charge is 0.487 e. The highest BCUT2D eigenvalue weighted by Crippen LogP contribution is 2.27. The molecule has 8 heteroatoms. The Balaban J connectivity index is 1.44. The van der Waals surface area contributed by atoms with Gasteiger partial charge in [-0.15, -0.1) is 0 Å². The van der Waals surface area contributed by atoms with E-state index in [4.69, 9.17) is 37.9 Å². The maximum Gasteiger partial charge on any atom is 0.161 e. The van der Waals surface area contributed by atoms with Crippen molar-refractivity contribution in [3.63, 3.8) is 0 Å². The van der Waals surface area contributed by atoms with E-state index in [0.29, 0.717) is 102 Å². The molecule has 0 atom stereocenters. The van der Waals surface area contributed by atoms with Crippen molar-refractivity contribution in [3.05, 3.63) is 48.5 Å². The van der Waals surface area contributed by atoms with E-state index in [2.05, 4.69) is 0 Å². The molecule has 0 unspecified atom stereocenters. The standard InChI is InChI=1S/C24H32O8/c1-2-6-22-21(5-1)29-17-13-25-9-10-27-15-19-31-23-7-3-4-8-24(23)32-20-16-28-12-11-26-14-18-30-22/h1-8H,9-20H2. The fraction of sp³-hybridized carbons (Fsp3) is 0.500. The average Bonchev–Trinajstić information content (AvgIpc) is 2.82. The monoisotopic (exact) mass is 448 g/mol. The first-order chi connectivity index (χ1) is 15.9. The number of hydrogen-bond acceptors (Lipinski definition) is 8. The topological polar surface area (TPSA) is 73.8 Å². The normalized spacial score (nSPS) is 18.2. The molecule has 1 heterocycles. The van der Waals surface area contributed by atoms with E-state index in [1.54, 1.807) is 0 Å². The molecular formula is C24H32O8. The molecule has 0 fully saturated rings. The lowest BCUT2D eigenvalue weighted by molar-refractivity contribution is 0.0223. The zero-order chi connectivity index (χ0) is 22.1. The van der Waals surface area contributed by atoms with Gasteiger partial charge in [0.05, 0.1) is 52.9 Å². The first-order valence-corrected chi connectivity index (χ1v) is 10.9. The molecule has 0 aliphatic carbocycles. The van der Waals surface area contributed by atoms with Gasteiger partial charge in [0, 0.05) is 0 Å². The van der Waals surface area contributed by atoms with Crippen LogP contribution in [0.3, 0.4) is 0 Å². The van der Waals surface area contributed by atoms with Gasteiger partial charge in [0.25, 0.3) is 0 Å². The summed E-state index contributed by atoms with van der Waals surface area (Å²) in [4.78, 5) is 0. The van der Waals surface area contributed by atoms with Crippen LogP contribution in [0.4, 0.5) is 0 Å². The highest BCUT2D eigenvalue weighted by Gasteiger charge is 2.06. The van der Waals surface area contributed by atoms with Gasteiger partial charge in [0.2, 0.25) is 0 Å². The number of fused-ring (bicyclic) bond motifs is 2. The number of rotatable bonds is 0. The fourth-order valence-corrected chi connectivity index (χ4v) is 2.86. The summed E-state index contributed by atoms with van der Waals surface area (Å²) >= 11 is 0. The molecule has 1 aliphatic rings. The summed E-state index contributed by atoms with van der Waals surface area (Å²) in [6.07, 6.45) is 0. The van der Waals surface area contributed by atoms with E-state index in [0.717, 1.165) is 0 Å². The van der Waals surface area contributed by atoms with Gasteiger partial charge in [-0.2, -0.15) is 0 Å². The first-order valence-electron chi connectivity index (χ1n) is 10.9. The Hall–Kier alpha value is -2.52. The van der Waals surface area contributed by atoms with E-state index in [1.807, 2.05) is 48.5 Å². The second-order valence-electron chi connectivity index (χ2n) is 6.74. The van der Waals surface area contributed by atoms with Crippen molar-refractivity contribution < 1.29 is 37.9 Å². The average molecular weight is 449 g/mol. The summed E-state index contributed by atoms with van der Waals surface area (Å²) in [5, 5.41) is 0. The molecule has 2 aromatic rings. The second kappa shape index (κ2) is 15.3. The van der Waals surface area contributed by atoms with Gasteiger partial charge in [-0.05, 0) is 24.3 Å². The van der Waals surface area contributed by atoms with E-state index in [-0.39, 0.29) is 0 Å². The van der Waals surface area contributed by atoms with Crippen molar-refractivity contribution in [2.24, 2.45) is 0 Å². The molecule has 8 nitrogen and oxygen atoms in total. The van der Waals surface area contributed by atoms with Crippen molar-refractivity contribution >= 4 is 0 Å². The Morgan fingerprint density at radius 2 is 0.531 bits per heavy atom. The third kappa shape index (κ3) is 9.32. The Labute approximate surface area is 189 Å². The fourth-order valence-electron chi connectivity index (χ4n) is 2.86. The molecule has 3 rings (SSSR count). The number of ether oxygens (including phenoxy) is 8. The zero-order valence-electron chi connectivity index (χ0n) is 18.4. The summed E-state index contributed by atoms with van der Waals surface area (Å²) < 4.78 is 45.3. The molecule has 32 heavy (non-hydrogen) atoms. The van der Waals surface area contributed by atoms with Crippen molar-refractivity contribution in [3.8, 4) is 23.0 Å². The highest BCUT2D eigenvalue weighted by molar-refractivity contribution is 5.40. The van der Waals surface area contributed by atoms with Crippen LogP contribution in [-0.4, -0.2) is 79.3 Å². The van der Waals surface area contributed by atoms with Crippen LogP contribution in [0, 0.1) is 0 Å². The van der Waals surface area contributed by atoms with Crippen LogP contribution in [0.5, 0.6) is 23.0 Å². The molecule has 0 N–H and O–H groups in total. The number of benzene rings is 2. The summed E-state index contributed by atoms with van der Waals surface area (Å²) in [5.41, 5.74) is 0. The molecule has 0 radical (unpaired) electrons. The van der Waals surface area contributed by atoms with E-state index >= 15 is 0 Å². The molecule has 0 spiro atoms. The molecular weight excluding hydrogens is 416 g/mol. The van der Waals surface area contributed by atoms with Crippen LogP contribution in [-0.2, 0) is 18.9 Å². The van der Waals surface area contributed by atoms with Crippen LogP contribution in [0.15, 0.2) is 48.5 Å². The van der Waals surface area contributed by atoms with Crippen molar-refractivity contribution in [1.29, 1.82) is 0 Å². The minimum absolute atomic E-state index is 0.425. The molecule has 2 aromatic carbocycles. The molecule has 0 aromatic heterocycles.